The molecule has 1 atom stereocenters. The molecule has 7 heteroatoms. The summed E-state index contributed by atoms with van der Waals surface area (Å²) in [6.07, 6.45) is 2.97. The highest BCUT2D eigenvalue weighted by Crippen LogP contribution is 2.03. The van der Waals surface area contributed by atoms with Gasteiger partial charge in [-0.05, 0) is 6.42 Å². The molecule has 3 N–H and O–H groups in total. The molecule has 0 spiro atoms. The number of aromatic nitrogens is 3. The van der Waals surface area contributed by atoms with E-state index in [0.717, 1.165) is 28.5 Å². The highest BCUT2D eigenvalue weighted by atomic mass is 16.2. The molecular formula is C11H21N5O2. The third-order valence-electron chi connectivity index (χ3n) is 2.85. The van der Waals surface area contributed by atoms with Crippen molar-refractivity contribution < 1.29 is 0 Å². The Morgan fingerprint density at radius 2 is 2.06 bits per heavy atom. The average Bonchev–Trinajstić information content (AvgIpc) is 2.37. The van der Waals surface area contributed by atoms with Gasteiger partial charge in [0.15, 0.2) is 0 Å². The van der Waals surface area contributed by atoms with Crippen LogP contribution in [-0.4, -0.2) is 26.9 Å². The number of aryl methyl sites for hydroxylation is 1. The number of rotatable bonds is 6. The van der Waals surface area contributed by atoms with E-state index in [1.54, 1.807) is 0 Å². The molecule has 0 saturated heterocycles. The molecule has 1 aromatic rings. The highest BCUT2D eigenvalue weighted by molar-refractivity contribution is 5.31. The molecule has 7 nitrogen and oxygen atoms in total. The fourth-order valence-corrected chi connectivity index (χ4v) is 1.68. The van der Waals surface area contributed by atoms with E-state index in [9.17, 15) is 9.59 Å². The fourth-order valence-electron chi connectivity index (χ4n) is 1.68. The quantitative estimate of drug-likeness (QED) is 0.708. The smallest absolute Gasteiger partial charge is 0.346 e. The minimum Gasteiger partial charge on any atom is -0.360 e. The van der Waals surface area contributed by atoms with Gasteiger partial charge in [0.2, 0.25) is 5.82 Å². The van der Waals surface area contributed by atoms with Crippen LogP contribution in [0.3, 0.4) is 0 Å². The van der Waals surface area contributed by atoms with Gasteiger partial charge in [-0.15, -0.1) is 5.10 Å². The molecule has 1 heterocycles. The lowest BCUT2D eigenvalue weighted by atomic mass is 10.1. The second kappa shape index (κ2) is 6.34. The van der Waals surface area contributed by atoms with Crippen LogP contribution in [0.2, 0.25) is 0 Å². The molecule has 0 aliphatic rings. The molecule has 0 aromatic carbocycles. The molecule has 1 aromatic heterocycles. The second-order valence-electron chi connectivity index (χ2n) is 4.34. The first-order valence-electron chi connectivity index (χ1n) is 6.12. The van der Waals surface area contributed by atoms with Gasteiger partial charge in [0.25, 0.3) is 5.56 Å². The molecular weight excluding hydrogens is 234 g/mol. The first-order chi connectivity index (χ1) is 8.51. The molecule has 0 radical (unpaired) electrons. The van der Waals surface area contributed by atoms with Gasteiger partial charge in [-0.3, -0.25) is 9.36 Å². The number of anilines is 1. The number of nitrogens with one attached hydrogen (secondary N) is 1. The Hall–Kier alpha value is -1.63. The zero-order chi connectivity index (χ0) is 13.7. The summed E-state index contributed by atoms with van der Waals surface area (Å²) in [5.41, 5.74) is 4.79. The zero-order valence-corrected chi connectivity index (χ0v) is 11.1. The van der Waals surface area contributed by atoms with E-state index in [0.29, 0.717) is 6.54 Å². The Morgan fingerprint density at radius 1 is 1.39 bits per heavy atom. The van der Waals surface area contributed by atoms with Crippen molar-refractivity contribution in [1.29, 1.82) is 0 Å². The maximum Gasteiger partial charge on any atom is 0.346 e. The Morgan fingerprint density at radius 3 is 2.61 bits per heavy atom. The van der Waals surface area contributed by atoms with Gasteiger partial charge in [-0.2, -0.15) is 0 Å². The minimum absolute atomic E-state index is 0.00246. The predicted molar refractivity (Wildman–Crippen MR) is 70.7 cm³/mol. The van der Waals surface area contributed by atoms with Crippen molar-refractivity contribution in [2.75, 3.05) is 11.9 Å². The van der Waals surface area contributed by atoms with Gasteiger partial charge in [-0.1, -0.05) is 19.8 Å². The molecule has 0 bridgehead atoms. The summed E-state index contributed by atoms with van der Waals surface area (Å²) in [4.78, 5) is 23.3. The molecule has 0 aliphatic carbocycles. The van der Waals surface area contributed by atoms with Gasteiger partial charge in [0.05, 0.1) is 0 Å². The summed E-state index contributed by atoms with van der Waals surface area (Å²) in [7, 11) is 2.94. The number of hydrogen-bond donors (Lipinski definition) is 2. The van der Waals surface area contributed by atoms with Crippen LogP contribution in [0.4, 0.5) is 5.82 Å². The van der Waals surface area contributed by atoms with E-state index in [-0.39, 0.29) is 11.9 Å². The lowest BCUT2D eigenvalue weighted by Crippen LogP contribution is -2.42. The molecule has 0 fully saturated rings. The van der Waals surface area contributed by atoms with Crippen LogP contribution in [-0.2, 0) is 14.1 Å². The number of hydrogen-bond acceptors (Lipinski definition) is 5. The molecule has 0 aliphatic heterocycles. The van der Waals surface area contributed by atoms with Crippen LogP contribution < -0.4 is 22.3 Å². The van der Waals surface area contributed by atoms with Crippen molar-refractivity contribution in [2.45, 2.75) is 32.2 Å². The Bertz CT molecular complexity index is 505. The highest BCUT2D eigenvalue weighted by Gasteiger charge is 2.12. The van der Waals surface area contributed by atoms with Gasteiger partial charge in [0, 0.05) is 26.7 Å². The van der Waals surface area contributed by atoms with E-state index in [1.807, 2.05) is 0 Å². The van der Waals surface area contributed by atoms with E-state index >= 15 is 0 Å². The molecule has 18 heavy (non-hydrogen) atoms. The SMILES string of the molecule is CCCCC(CN)Nc1nn(C)c(=O)n(C)c1=O. The predicted octanol–water partition coefficient (Wildman–Crippen LogP) is -0.592. The van der Waals surface area contributed by atoms with Crippen molar-refractivity contribution in [1.82, 2.24) is 14.3 Å². The van der Waals surface area contributed by atoms with Crippen LogP contribution in [0.25, 0.3) is 0 Å². The first-order valence-corrected chi connectivity index (χ1v) is 6.12. The van der Waals surface area contributed by atoms with E-state index in [1.165, 1.54) is 14.1 Å². The van der Waals surface area contributed by atoms with E-state index in [4.69, 9.17) is 5.73 Å². The average molecular weight is 255 g/mol. The zero-order valence-electron chi connectivity index (χ0n) is 11.1. The molecule has 0 amide bonds. The van der Waals surface area contributed by atoms with Gasteiger partial charge in [0.1, 0.15) is 0 Å². The van der Waals surface area contributed by atoms with Crippen molar-refractivity contribution in [3.05, 3.63) is 20.8 Å². The van der Waals surface area contributed by atoms with Gasteiger partial charge >= 0.3 is 5.69 Å². The molecule has 1 rings (SSSR count). The van der Waals surface area contributed by atoms with E-state index in [2.05, 4.69) is 17.3 Å². The summed E-state index contributed by atoms with van der Waals surface area (Å²) < 4.78 is 2.17. The lowest BCUT2D eigenvalue weighted by Gasteiger charge is -2.17. The third kappa shape index (κ3) is 3.19. The topological polar surface area (TPSA) is 94.9 Å². The molecule has 102 valence electrons. The first kappa shape index (κ1) is 14.4. The second-order valence-corrected chi connectivity index (χ2v) is 4.34. The third-order valence-corrected chi connectivity index (χ3v) is 2.85. The Balaban J connectivity index is 2.97. The summed E-state index contributed by atoms with van der Waals surface area (Å²) in [5, 5.41) is 6.94. The summed E-state index contributed by atoms with van der Waals surface area (Å²) in [6, 6.07) is 0.00246. The number of nitrogens with two attached hydrogens (primary N) is 1. The van der Waals surface area contributed by atoms with Crippen LogP contribution in [0.15, 0.2) is 9.59 Å². The van der Waals surface area contributed by atoms with Crippen LogP contribution in [0.5, 0.6) is 0 Å². The van der Waals surface area contributed by atoms with Gasteiger partial charge < -0.3 is 11.1 Å². The molecule has 1 unspecified atom stereocenters. The maximum atomic E-state index is 11.9. The Kier molecular flexibility index (Phi) is 5.08. The monoisotopic (exact) mass is 255 g/mol. The van der Waals surface area contributed by atoms with Crippen molar-refractivity contribution in [3.63, 3.8) is 0 Å². The van der Waals surface area contributed by atoms with Gasteiger partial charge in [-0.25, -0.2) is 9.48 Å². The summed E-state index contributed by atoms with van der Waals surface area (Å²) >= 11 is 0. The molecule has 0 saturated carbocycles. The van der Waals surface area contributed by atoms with E-state index < -0.39 is 11.2 Å². The normalized spacial score (nSPS) is 12.4. The van der Waals surface area contributed by atoms with Crippen molar-refractivity contribution >= 4 is 5.82 Å². The maximum absolute atomic E-state index is 11.9. The summed E-state index contributed by atoms with van der Waals surface area (Å²) in [5.74, 6) is 0.172. The van der Waals surface area contributed by atoms with Crippen LogP contribution in [0.1, 0.15) is 26.2 Å². The Labute approximate surface area is 106 Å². The largest absolute Gasteiger partial charge is 0.360 e. The lowest BCUT2D eigenvalue weighted by molar-refractivity contribution is 0.579. The number of unbranched alkanes of at least 4 members (excludes halogenated alkanes) is 1. The van der Waals surface area contributed by atoms with Crippen molar-refractivity contribution in [2.24, 2.45) is 19.8 Å². The van der Waals surface area contributed by atoms with Crippen LogP contribution in [0, 0.1) is 0 Å². The standard InChI is InChI=1S/C11H21N5O2/c1-4-5-6-8(7-12)13-9-10(17)15(2)11(18)16(3)14-9/h8H,4-7,12H2,1-3H3,(H,13,14). The fraction of sp³-hybridized carbons (Fsp3) is 0.727. The van der Waals surface area contributed by atoms with Crippen LogP contribution >= 0.6 is 0 Å². The van der Waals surface area contributed by atoms with Crippen molar-refractivity contribution in [3.8, 4) is 0 Å². The summed E-state index contributed by atoms with van der Waals surface area (Å²) in [6.45, 7) is 2.52. The number of nitrogens with zero attached hydrogens (tertiary/aromatic N) is 3. The minimum atomic E-state index is -0.441.